The standard InChI is InChI=1S/C25H30ClN3OS/c1-16-6-4-7-17(2)29(16)13-5-12-27-25(30)19-8-10-24-22(14-19)28-18(3)21-15-20(26)9-11-23(21)31-24/h8-11,14-17H,4-7,12-13H2,1-3H3,(H,27,30). The molecule has 2 unspecified atom stereocenters. The zero-order valence-electron chi connectivity index (χ0n) is 18.5. The number of piperidine rings is 1. The van der Waals surface area contributed by atoms with Gasteiger partial charge in [-0.1, -0.05) is 29.8 Å². The number of halogens is 1. The largest absolute Gasteiger partial charge is 0.352 e. The van der Waals surface area contributed by atoms with E-state index < -0.39 is 0 Å². The molecule has 0 aromatic heterocycles. The first kappa shape index (κ1) is 22.4. The van der Waals surface area contributed by atoms with Crippen molar-refractivity contribution in [3.63, 3.8) is 0 Å². The molecule has 4 nitrogen and oxygen atoms in total. The van der Waals surface area contributed by atoms with Gasteiger partial charge in [-0.05, 0) is 76.4 Å². The Morgan fingerprint density at radius 3 is 2.68 bits per heavy atom. The quantitative estimate of drug-likeness (QED) is 0.536. The van der Waals surface area contributed by atoms with Crippen molar-refractivity contribution in [3.05, 3.63) is 52.5 Å². The van der Waals surface area contributed by atoms with E-state index >= 15 is 0 Å². The molecule has 2 aromatic rings. The van der Waals surface area contributed by atoms with E-state index in [1.54, 1.807) is 11.8 Å². The summed E-state index contributed by atoms with van der Waals surface area (Å²) in [4.78, 5) is 22.3. The molecule has 0 saturated carbocycles. The predicted molar refractivity (Wildman–Crippen MR) is 130 cm³/mol. The van der Waals surface area contributed by atoms with Gasteiger partial charge in [0.15, 0.2) is 0 Å². The fourth-order valence-electron chi connectivity index (χ4n) is 4.55. The van der Waals surface area contributed by atoms with Crippen molar-refractivity contribution >= 4 is 40.7 Å². The molecule has 1 saturated heterocycles. The highest BCUT2D eigenvalue weighted by molar-refractivity contribution is 7.99. The molecule has 0 bridgehead atoms. The minimum Gasteiger partial charge on any atom is -0.352 e. The number of benzene rings is 2. The summed E-state index contributed by atoms with van der Waals surface area (Å²) in [5.74, 6) is -0.0369. The van der Waals surface area contributed by atoms with Crippen molar-refractivity contribution in [1.82, 2.24) is 10.2 Å². The molecule has 6 heteroatoms. The highest BCUT2D eigenvalue weighted by Gasteiger charge is 2.24. The van der Waals surface area contributed by atoms with Gasteiger partial charge in [-0.2, -0.15) is 0 Å². The summed E-state index contributed by atoms with van der Waals surface area (Å²) in [7, 11) is 0. The number of carbonyl (C=O) groups is 1. The molecular weight excluding hydrogens is 426 g/mol. The third kappa shape index (κ3) is 5.16. The molecule has 1 amide bonds. The summed E-state index contributed by atoms with van der Waals surface area (Å²) in [5, 5.41) is 3.79. The number of fused-ring (bicyclic) bond motifs is 2. The number of aliphatic imine (C=N–C) groups is 1. The van der Waals surface area contributed by atoms with Crippen LogP contribution in [0.2, 0.25) is 5.02 Å². The smallest absolute Gasteiger partial charge is 0.251 e. The number of likely N-dealkylation sites (tertiary alicyclic amines) is 1. The maximum atomic E-state index is 12.7. The lowest BCUT2D eigenvalue weighted by Gasteiger charge is -2.39. The number of carbonyl (C=O) groups excluding carboxylic acids is 1. The second-order valence-corrected chi connectivity index (χ2v) is 10.1. The molecule has 0 radical (unpaired) electrons. The molecular formula is C25H30ClN3OS. The lowest BCUT2D eigenvalue weighted by atomic mass is 9.97. The number of amides is 1. The van der Waals surface area contributed by atoms with Crippen LogP contribution in [0.3, 0.4) is 0 Å². The monoisotopic (exact) mass is 455 g/mol. The molecule has 4 rings (SSSR count). The Morgan fingerprint density at radius 2 is 1.90 bits per heavy atom. The zero-order valence-corrected chi connectivity index (χ0v) is 20.0. The molecule has 2 aliphatic heterocycles. The van der Waals surface area contributed by atoms with E-state index in [0.29, 0.717) is 29.2 Å². The predicted octanol–water partition coefficient (Wildman–Crippen LogP) is 6.33. The maximum absolute atomic E-state index is 12.7. The first-order valence-corrected chi connectivity index (χ1v) is 12.3. The molecule has 164 valence electrons. The molecule has 0 aliphatic carbocycles. The summed E-state index contributed by atoms with van der Waals surface area (Å²) in [5.41, 5.74) is 3.44. The van der Waals surface area contributed by atoms with Gasteiger partial charge in [-0.25, -0.2) is 0 Å². The molecule has 0 spiro atoms. The van der Waals surface area contributed by atoms with Gasteiger partial charge in [-0.15, -0.1) is 0 Å². The van der Waals surface area contributed by atoms with Crippen LogP contribution in [0.4, 0.5) is 5.69 Å². The molecule has 2 atom stereocenters. The lowest BCUT2D eigenvalue weighted by Crippen LogP contribution is -2.44. The fraction of sp³-hybridized carbons (Fsp3) is 0.440. The van der Waals surface area contributed by atoms with Crippen LogP contribution in [0.1, 0.15) is 62.4 Å². The average Bonchev–Trinajstić information content (AvgIpc) is 2.88. The third-order valence-corrected chi connectivity index (χ3v) is 7.69. The van der Waals surface area contributed by atoms with Crippen LogP contribution < -0.4 is 5.32 Å². The Morgan fingerprint density at radius 1 is 1.16 bits per heavy atom. The number of hydrogen-bond acceptors (Lipinski definition) is 4. The third-order valence-electron chi connectivity index (χ3n) is 6.32. The van der Waals surface area contributed by atoms with E-state index in [2.05, 4.69) is 24.1 Å². The van der Waals surface area contributed by atoms with E-state index in [4.69, 9.17) is 16.6 Å². The second kappa shape index (κ2) is 9.76. The molecule has 2 aliphatic rings. The first-order valence-electron chi connectivity index (χ1n) is 11.1. The van der Waals surface area contributed by atoms with Gasteiger partial charge in [0.25, 0.3) is 5.91 Å². The Kier molecular flexibility index (Phi) is 7.05. The van der Waals surface area contributed by atoms with Gasteiger partial charge in [0.05, 0.1) is 5.69 Å². The van der Waals surface area contributed by atoms with Gasteiger partial charge < -0.3 is 5.32 Å². The van der Waals surface area contributed by atoms with Crippen molar-refractivity contribution in [1.29, 1.82) is 0 Å². The van der Waals surface area contributed by atoms with Crippen LogP contribution >= 0.6 is 23.4 Å². The van der Waals surface area contributed by atoms with Crippen molar-refractivity contribution < 1.29 is 4.79 Å². The first-order chi connectivity index (χ1) is 14.9. The van der Waals surface area contributed by atoms with Crippen LogP contribution in [-0.4, -0.2) is 41.7 Å². The van der Waals surface area contributed by atoms with Crippen molar-refractivity contribution in [3.8, 4) is 0 Å². The molecule has 31 heavy (non-hydrogen) atoms. The summed E-state index contributed by atoms with van der Waals surface area (Å²) >= 11 is 7.84. The summed E-state index contributed by atoms with van der Waals surface area (Å²) in [6.07, 6.45) is 4.85. The van der Waals surface area contributed by atoms with Gasteiger partial charge in [0.1, 0.15) is 0 Å². The van der Waals surface area contributed by atoms with E-state index in [9.17, 15) is 4.79 Å². The highest BCUT2D eigenvalue weighted by Crippen LogP contribution is 2.41. The topological polar surface area (TPSA) is 44.7 Å². The Hall–Kier alpha value is -1.82. The molecule has 1 fully saturated rings. The van der Waals surface area contributed by atoms with E-state index in [0.717, 1.165) is 39.7 Å². The van der Waals surface area contributed by atoms with Crippen molar-refractivity contribution in [2.75, 3.05) is 13.1 Å². The average molecular weight is 456 g/mol. The van der Waals surface area contributed by atoms with Crippen LogP contribution in [0, 0.1) is 0 Å². The molecule has 2 heterocycles. The van der Waals surface area contributed by atoms with E-state index in [1.165, 1.54) is 19.3 Å². The van der Waals surface area contributed by atoms with Crippen LogP contribution in [0.15, 0.2) is 51.2 Å². The van der Waals surface area contributed by atoms with Crippen LogP contribution in [0.25, 0.3) is 0 Å². The van der Waals surface area contributed by atoms with Gasteiger partial charge >= 0.3 is 0 Å². The Bertz CT molecular complexity index is 996. The van der Waals surface area contributed by atoms with Crippen LogP contribution in [0.5, 0.6) is 0 Å². The Labute approximate surface area is 194 Å². The highest BCUT2D eigenvalue weighted by atomic mass is 35.5. The molecule has 2 aromatic carbocycles. The van der Waals surface area contributed by atoms with Crippen molar-refractivity contribution in [2.24, 2.45) is 4.99 Å². The van der Waals surface area contributed by atoms with Crippen LogP contribution in [-0.2, 0) is 0 Å². The minimum atomic E-state index is -0.0369. The lowest BCUT2D eigenvalue weighted by molar-refractivity contribution is 0.0925. The van der Waals surface area contributed by atoms with Gasteiger partial charge in [0, 0.05) is 56.8 Å². The van der Waals surface area contributed by atoms with Crippen molar-refractivity contribution in [2.45, 2.75) is 68.3 Å². The second-order valence-electron chi connectivity index (χ2n) is 8.60. The zero-order chi connectivity index (χ0) is 22.0. The number of rotatable bonds is 5. The SMILES string of the molecule is CC1=Nc2cc(C(=O)NCCCN3C(C)CCCC3C)ccc2Sc2ccc(Cl)cc21. The number of nitrogens with one attached hydrogen (secondary N) is 1. The normalized spacial score (nSPS) is 21.0. The van der Waals surface area contributed by atoms with E-state index in [-0.39, 0.29) is 5.91 Å². The molecule has 1 N–H and O–H groups in total. The Balaban J connectivity index is 1.39. The fourth-order valence-corrected chi connectivity index (χ4v) is 5.75. The number of hydrogen-bond donors (Lipinski definition) is 1. The maximum Gasteiger partial charge on any atom is 0.251 e. The van der Waals surface area contributed by atoms with E-state index in [1.807, 2.05) is 43.3 Å². The number of nitrogens with zero attached hydrogens (tertiary/aromatic N) is 2. The summed E-state index contributed by atoms with van der Waals surface area (Å²) < 4.78 is 0. The van der Waals surface area contributed by atoms with Gasteiger partial charge in [-0.3, -0.25) is 14.7 Å². The summed E-state index contributed by atoms with van der Waals surface area (Å²) in [6.45, 7) is 8.34. The summed E-state index contributed by atoms with van der Waals surface area (Å²) in [6, 6.07) is 12.9. The van der Waals surface area contributed by atoms with Gasteiger partial charge in [0.2, 0.25) is 0 Å². The minimum absolute atomic E-state index is 0.0369.